The van der Waals surface area contributed by atoms with Crippen LogP contribution in [0, 0.1) is 6.92 Å². The molecule has 0 fully saturated rings. The summed E-state index contributed by atoms with van der Waals surface area (Å²) in [6, 6.07) is 7.51. The zero-order valence-corrected chi connectivity index (χ0v) is 15.2. The van der Waals surface area contributed by atoms with Gasteiger partial charge in [-0.1, -0.05) is 6.92 Å². The molecule has 2 aromatic rings. The minimum atomic E-state index is -0.130. The number of aromatic nitrogens is 1. The third-order valence-corrected chi connectivity index (χ3v) is 4.91. The minimum Gasteiger partial charge on any atom is -0.484 e. The Hall–Kier alpha value is -2.21. The molecule has 1 aromatic heterocycles. The van der Waals surface area contributed by atoms with Gasteiger partial charge in [0.15, 0.2) is 12.4 Å². The van der Waals surface area contributed by atoms with Gasteiger partial charge in [0, 0.05) is 18.5 Å². The van der Waals surface area contributed by atoms with Crippen molar-refractivity contribution in [2.24, 2.45) is 0 Å². The highest BCUT2D eigenvalue weighted by Gasteiger charge is 2.13. The molecule has 128 valence electrons. The van der Waals surface area contributed by atoms with Crippen LogP contribution in [0.1, 0.15) is 42.6 Å². The van der Waals surface area contributed by atoms with Crippen molar-refractivity contribution < 1.29 is 14.3 Å². The van der Waals surface area contributed by atoms with Gasteiger partial charge in [-0.25, -0.2) is 4.98 Å². The quantitative estimate of drug-likeness (QED) is 0.778. The molecule has 1 atom stereocenters. The summed E-state index contributed by atoms with van der Waals surface area (Å²) in [4.78, 5) is 28.4. The summed E-state index contributed by atoms with van der Waals surface area (Å²) >= 11 is 1.39. The van der Waals surface area contributed by atoms with Crippen LogP contribution in [0.4, 0.5) is 0 Å². The fourth-order valence-electron chi connectivity index (χ4n) is 2.11. The van der Waals surface area contributed by atoms with Gasteiger partial charge >= 0.3 is 0 Å². The molecule has 0 saturated heterocycles. The molecule has 0 radical (unpaired) electrons. The predicted octanol–water partition coefficient (Wildman–Crippen LogP) is 3.61. The molecule has 0 aliphatic heterocycles. The number of carbonyl (C=O) groups excluding carboxylic acids is 2. The van der Waals surface area contributed by atoms with Crippen LogP contribution in [-0.2, 0) is 4.79 Å². The Labute approximate surface area is 146 Å². The van der Waals surface area contributed by atoms with Gasteiger partial charge in [-0.15, -0.1) is 11.3 Å². The van der Waals surface area contributed by atoms with Gasteiger partial charge in [0.25, 0.3) is 5.91 Å². The summed E-state index contributed by atoms with van der Waals surface area (Å²) in [5.41, 5.74) is 1.68. The first-order chi connectivity index (χ1) is 11.4. The van der Waals surface area contributed by atoms with Crippen LogP contribution in [0.25, 0.3) is 10.6 Å². The first-order valence-corrected chi connectivity index (χ1v) is 8.73. The van der Waals surface area contributed by atoms with Crippen molar-refractivity contribution in [2.75, 3.05) is 6.61 Å². The number of thiazole rings is 1. The highest BCUT2D eigenvalue weighted by molar-refractivity contribution is 7.17. The molecule has 1 heterocycles. The zero-order chi connectivity index (χ0) is 17.7. The molecule has 0 unspecified atom stereocenters. The van der Waals surface area contributed by atoms with Crippen LogP contribution in [0.3, 0.4) is 0 Å². The van der Waals surface area contributed by atoms with E-state index in [0.29, 0.717) is 10.6 Å². The van der Waals surface area contributed by atoms with E-state index in [1.807, 2.05) is 32.9 Å². The maximum absolute atomic E-state index is 11.7. The second-order valence-electron chi connectivity index (χ2n) is 5.68. The Kier molecular flexibility index (Phi) is 6.09. The van der Waals surface area contributed by atoms with Crippen LogP contribution in [0.2, 0.25) is 0 Å². The van der Waals surface area contributed by atoms with E-state index in [2.05, 4.69) is 10.3 Å². The van der Waals surface area contributed by atoms with E-state index in [9.17, 15) is 9.59 Å². The molecule has 0 saturated carbocycles. The Morgan fingerprint density at radius 2 is 1.96 bits per heavy atom. The van der Waals surface area contributed by atoms with Crippen molar-refractivity contribution in [1.82, 2.24) is 10.3 Å². The van der Waals surface area contributed by atoms with E-state index in [0.717, 1.165) is 22.7 Å². The molecule has 0 aliphatic rings. The summed E-state index contributed by atoms with van der Waals surface area (Å²) in [6.07, 6.45) is 0.885. The van der Waals surface area contributed by atoms with Crippen molar-refractivity contribution in [1.29, 1.82) is 0 Å². The van der Waals surface area contributed by atoms with Crippen molar-refractivity contribution in [2.45, 2.75) is 40.2 Å². The summed E-state index contributed by atoms with van der Waals surface area (Å²) in [5, 5.41) is 3.66. The van der Waals surface area contributed by atoms with Crippen LogP contribution >= 0.6 is 11.3 Å². The van der Waals surface area contributed by atoms with Gasteiger partial charge in [-0.3, -0.25) is 9.59 Å². The average Bonchev–Trinajstić information content (AvgIpc) is 2.95. The molecule has 5 nitrogen and oxygen atoms in total. The average molecular weight is 346 g/mol. The molecule has 1 N–H and O–H groups in total. The number of rotatable bonds is 7. The van der Waals surface area contributed by atoms with Gasteiger partial charge in [0.05, 0.1) is 10.6 Å². The Bertz CT molecular complexity index is 722. The van der Waals surface area contributed by atoms with E-state index in [-0.39, 0.29) is 24.3 Å². The molecule has 24 heavy (non-hydrogen) atoms. The Morgan fingerprint density at radius 1 is 1.29 bits per heavy atom. The normalized spacial score (nSPS) is 11.8. The Morgan fingerprint density at radius 3 is 2.50 bits per heavy atom. The number of hydrogen-bond donors (Lipinski definition) is 1. The SMILES string of the molecule is CC[C@@H](C)NC(=O)COc1ccc(-c2nc(C)c(C(C)=O)s2)cc1. The number of ketones is 1. The number of ether oxygens (including phenoxy) is 1. The zero-order valence-electron chi connectivity index (χ0n) is 14.4. The van der Waals surface area contributed by atoms with Crippen LogP contribution in [-0.4, -0.2) is 29.3 Å². The maximum Gasteiger partial charge on any atom is 0.258 e. The van der Waals surface area contributed by atoms with Gasteiger partial charge in [0.2, 0.25) is 0 Å². The molecule has 1 amide bonds. The minimum absolute atomic E-state index is 0.00543. The standard InChI is InChI=1S/C18H22N2O3S/c1-5-11(2)19-16(22)10-23-15-8-6-14(7-9-15)18-20-12(3)17(24-18)13(4)21/h6-9,11H,5,10H2,1-4H3,(H,19,22)/t11-/m1/s1. The first kappa shape index (κ1) is 18.1. The number of hydrogen-bond acceptors (Lipinski definition) is 5. The number of nitrogens with one attached hydrogen (secondary N) is 1. The lowest BCUT2D eigenvalue weighted by atomic mass is 10.2. The molecule has 1 aromatic carbocycles. The van der Waals surface area contributed by atoms with E-state index in [1.54, 1.807) is 19.1 Å². The maximum atomic E-state index is 11.7. The number of nitrogens with zero attached hydrogens (tertiary/aromatic N) is 1. The summed E-state index contributed by atoms with van der Waals surface area (Å²) < 4.78 is 5.49. The Balaban J connectivity index is 1.99. The van der Waals surface area contributed by atoms with Crippen molar-refractivity contribution in [3.8, 4) is 16.3 Å². The van der Waals surface area contributed by atoms with Crippen LogP contribution in [0.5, 0.6) is 5.75 Å². The van der Waals surface area contributed by atoms with E-state index < -0.39 is 0 Å². The van der Waals surface area contributed by atoms with Gasteiger partial charge in [-0.05, 0) is 44.5 Å². The third-order valence-electron chi connectivity index (χ3n) is 3.61. The second-order valence-corrected chi connectivity index (χ2v) is 6.68. The fourth-order valence-corrected chi connectivity index (χ4v) is 3.07. The van der Waals surface area contributed by atoms with E-state index >= 15 is 0 Å². The lowest BCUT2D eigenvalue weighted by Gasteiger charge is -2.12. The van der Waals surface area contributed by atoms with Crippen LogP contribution in [0.15, 0.2) is 24.3 Å². The summed E-state index contributed by atoms with van der Waals surface area (Å²) in [5.74, 6) is 0.525. The largest absolute Gasteiger partial charge is 0.484 e. The number of Topliss-reactive ketones (excluding diaryl/α,β-unsaturated/α-hetero) is 1. The highest BCUT2D eigenvalue weighted by atomic mass is 32.1. The molecule has 2 rings (SSSR count). The van der Waals surface area contributed by atoms with E-state index in [1.165, 1.54) is 11.3 Å². The van der Waals surface area contributed by atoms with Gasteiger partial charge in [0.1, 0.15) is 10.8 Å². The summed E-state index contributed by atoms with van der Waals surface area (Å²) in [6.45, 7) is 7.35. The number of carbonyl (C=O) groups is 2. The smallest absolute Gasteiger partial charge is 0.258 e. The van der Waals surface area contributed by atoms with Gasteiger partial charge < -0.3 is 10.1 Å². The summed E-state index contributed by atoms with van der Waals surface area (Å²) in [7, 11) is 0. The fraction of sp³-hybridized carbons (Fsp3) is 0.389. The first-order valence-electron chi connectivity index (χ1n) is 7.91. The molecule has 0 spiro atoms. The topological polar surface area (TPSA) is 68.3 Å². The molecular weight excluding hydrogens is 324 g/mol. The highest BCUT2D eigenvalue weighted by Crippen LogP contribution is 2.29. The predicted molar refractivity (Wildman–Crippen MR) is 95.7 cm³/mol. The molecular formula is C18H22N2O3S. The molecule has 0 aliphatic carbocycles. The van der Waals surface area contributed by atoms with Crippen molar-refractivity contribution in [3.05, 3.63) is 34.8 Å². The third kappa shape index (κ3) is 4.64. The number of aryl methyl sites for hydroxylation is 1. The molecule has 6 heteroatoms. The van der Waals surface area contributed by atoms with Crippen molar-refractivity contribution >= 4 is 23.0 Å². The monoisotopic (exact) mass is 346 g/mol. The second kappa shape index (κ2) is 8.06. The van der Waals surface area contributed by atoms with Crippen LogP contribution < -0.4 is 10.1 Å². The lowest BCUT2D eigenvalue weighted by Crippen LogP contribution is -2.35. The van der Waals surface area contributed by atoms with Gasteiger partial charge in [-0.2, -0.15) is 0 Å². The number of amides is 1. The number of benzene rings is 1. The van der Waals surface area contributed by atoms with E-state index in [4.69, 9.17) is 4.74 Å². The lowest BCUT2D eigenvalue weighted by molar-refractivity contribution is -0.123. The van der Waals surface area contributed by atoms with Crippen molar-refractivity contribution in [3.63, 3.8) is 0 Å². The molecule has 0 bridgehead atoms.